The molecule has 4 aromatic rings. The highest BCUT2D eigenvalue weighted by Crippen LogP contribution is 2.65. The van der Waals surface area contributed by atoms with Crippen molar-refractivity contribution in [3.05, 3.63) is 67.1 Å². The molecule has 2 saturated heterocycles. The number of amides is 4. The van der Waals surface area contributed by atoms with E-state index in [4.69, 9.17) is 26.5 Å². The number of halogens is 3. The minimum absolute atomic E-state index is 0.0156. The number of nitrogens with zero attached hydrogens (tertiary/aromatic N) is 4. The first-order valence-electron chi connectivity index (χ1n) is 18.7. The smallest absolute Gasteiger partial charge is 0.303 e. The number of carboxylic acid groups (broad SMARTS) is 1. The second kappa shape index (κ2) is 14.6. The highest BCUT2D eigenvalue weighted by atomic mass is 79.9. The number of hydrogen-bond donors (Lipinski definition) is 2. The summed E-state index contributed by atoms with van der Waals surface area (Å²) in [6.07, 6.45) is 3.91. The Morgan fingerprint density at radius 3 is 2.53 bits per heavy atom. The Hall–Kier alpha value is -4.05. The maximum Gasteiger partial charge on any atom is 0.303 e. The number of phenols is 1. The second-order valence-electron chi connectivity index (χ2n) is 15.5. The number of thiophene rings is 1. The van der Waals surface area contributed by atoms with Crippen LogP contribution in [0.2, 0.25) is 5.02 Å². The fourth-order valence-corrected chi connectivity index (χ4v) is 12.1. The number of carboxylic acids is 1. The minimum atomic E-state index is -1.36. The Morgan fingerprint density at radius 2 is 1.81 bits per heavy atom. The van der Waals surface area contributed by atoms with Gasteiger partial charge in [-0.25, -0.2) is 4.90 Å². The summed E-state index contributed by atoms with van der Waals surface area (Å²) in [6, 6.07) is 9.13. The summed E-state index contributed by atoms with van der Waals surface area (Å²) in [5, 5.41) is 26.4. The zero-order valence-corrected chi connectivity index (χ0v) is 36.2. The topological polar surface area (TPSA) is 159 Å². The molecule has 2 aliphatic heterocycles. The molecule has 4 amide bonds. The summed E-state index contributed by atoms with van der Waals surface area (Å²) in [5.41, 5.74) is 1.59. The van der Waals surface area contributed by atoms with Crippen molar-refractivity contribution in [3.63, 3.8) is 0 Å². The molecule has 0 radical (unpaired) electrons. The van der Waals surface area contributed by atoms with E-state index < -0.39 is 52.8 Å². The molecule has 6 atom stereocenters. The first-order chi connectivity index (χ1) is 27.1. The number of aryl methyl sites for hydroxylation is 2. The SMILES string of the molecule is COc1cc(C2C3=CCC4C(=O)N(CCCCCC(=O)O)C(=O)C4C3CC3C(=O)N(c4cc(-c5sc6ccc(Cl)cc6c5C)nn4C)C(=O)C32C)c(Br)c(Br)c1O. The van der Waals surface area contributed by atoms with E-state index in [0.29, 0.717) is 50.3 Å². The fraction of sp³-hybridized carbons (Fsp3) is 0.415. The molecule has 0 spiro atoms. The molecule has 2 aliphatic carbocycles. The molecule has 4 heterocycles. The standard InChI is InChI=1S/C41H39Br2ClN4O8S/c1-18-22-14-19(44)9-12-28(22)57-36(18)26-17-29(46(3)45-26)48-38(53)25-15-23-20(10-11-21-31(23)39(54)47(37(21)52)13-7-5-6-8-30(49)50)32(41(25,2)40(48)55)24-16-27(56-4)35(51)34(43)33(24)42/h9-10,12,14,16-17,21,23,25,31-32,51H,5-8,11,13,15H2,1-4H3,(H,49,50). The molecule has 2 aromatic carbocycles. The molecule has 3 fully saturated rings. The van der Waals surface area contributed by atoms with Gasteiger partial charge in [0.25, 0.3) is 0 Å². The van der Waals surface area contributed by atoms with Crippen LogP contribution in [0, 0.1) is 36.0 Å². The maximum atomic E-state index is 15.3. The zero-order chi connectivity index (χ0) is 40.8. The Balaban J connectivity index is 1.21. The van der Waals surface area contributed by atoms with E-state index >= 15 is 4.79 Å². The lowest BCUT2D eigenvalue weighted by molar-refractivity contribution is -0.141. The van der Waals surface area contributed by atoms with Crippen LogP contribution in [-0.2, 0) is 31.0 Å². The summed E-state index contributed by atoms with van der Waals surface area (Å²) in [7, 11) is 3.13. The molecule has 2 aromatic heterocycles. The number of methoxy groups -OCH3 is 1. The number of carbonyl (C=O) groups excluding carboxylic acids is 4. The Labute approximate surface area is 354 Å². The van der Waals surface area contributed by atoms with E-state index in [1.807, 2.05) is 31.2 Å². The number of ether oxygens (including phenoxy) is 1. The summed E-state index contributed by atoms with van der Waals surface area (Å²) >= 11 is 15.0. The number of phenolic OH excluding ortho intramolecular Hbond substituents is 1. The lowest BCUT2D eigenvalue weighted by atomic mass is 9.51. The number of benzene rings is 2. The van der Waals surface area contributed by atoms with Crippen molar-refractivity contribution in [2.24, 2.45) is 36.1 Å². The lowest BCUT2D eigenvalue weighted by Crippen LogP contribution is -2.49. The van der Waals surface area contributed by atoms with Crippen molar-refractivity contribution in [2.45, 2.75) is 58.3 Å². The predicted octanol–water partition coefficient (Wildman–Crippen LogP) is 8.38. The number of unbranched alkanes of at least 4 members (excludes halogenated alkanes) is 2. The number of imide groups is 2. The van der Waals surface area contributed by atoms with E-state index in [1.54, 1.807) is 42.1 Å². The second-order valence-corrected chi connectivity index (χ2v) is 18.6. The number of aliphatic carboxylic acids is 1. The van der Waals surface area contributed by atoms with Crippen molar-refractivity contribution in [3.8, 4) is 22.1 Å². The van der Waals surface area contributed by atoms with E-state index in [9.17, 15) is 24.3 Å². The Bertz CT molecular complexity index is 2460. The van der Waals surface area contributed by atoms with Gasteiger partial charge in [-0.15, -0.1) is 11.3 Å². The molecule has 2 N–H and O–H groups in total. The molecule has 16 heteroatoms. The highest BCUT2D eigenvalue weighted by Gasteiger charge is 2.68. The van der Waals surface area contributed by atoms with Crippen molar-refractivity contribution in [1.29, 1.82) is 0 Å². The van der Waals surface area contributed by atoms with Crippen molar-refractivity contribution in [1.82, 2.24) is 14.7 Å². The van der Waals surface area contributed by atoms with Gasteiger partial charge in [-0.1, -0.05) is 29.7 Å². The number of fused-ring (bicyclic) bond motifs is 5. The number of allylic oxidation sites excluding steroid dienone is 2. The van der Waals surface area contributed by atoms with Crippen molar-refractivity contribution >= 4 is 100 Å². The van der Waals surface area contributed by atoms with E-state index in [0.717, 1.165) is 26.1 Å². The van der Waals surface area contributed by atoms with Crippen LogP contribution in [0.25, 0.3) is 20.7 Å². The molecule has 8 rings (SSSR count). The van der Waals surface area contributed by atoms with Gasteiger partial charge < -0.3 is 14.9 Å². The third-order valence-electron chi connectivity index (χ3n) is 12.6. The Kier molecular flexibility index (Phi) is 10.2. The average molecular weight is 943 g/mol. The predicted molar refractivity (Wildman–Crippen MR) is 221 cm³/mol. The van der Waals surface area contributed by atoms with Gasteiger partial charge in [0.15, 0.2) is 11.5 Å². The van der Waals surface area contributed by atoms with Crippen LogP contribution in [0.5, 0.6) is 11.5 Å². The van der Waals surface area contributed by atoms with Gasteiger partial charge in [-0.2, -0.15) is 5.10 Å². The summed E-state index contributed by atoms with van der Waals surface area (Å²) in [6.45, 7) is 3.98. The van der Waals surface area contributed by atoms with Gasteiger partial charge in [0.05, 0.1) is 39.6 Å². The van der Waals surface area contributed by atoms with Gasteiger partial charge in [0.2, 0.25) is 23.6 Å². The van der Waals surface area contributed by atoms with E-state index in [2.05, 4.69) is 31.9 Å². The first kappa shape index (κ1) is 39.8. The molecule has 57 heavy (non-hydrogen) atoms. The van der Waals surface area contributed by atoms with Gasteiger partial charge in [-0.3, -0.25) is 33.6 Å². The number of aromatic nitrogens is 2. The number of hydrogen-bond acceptors (Lipinski definition) is 9. The summed E-state index contributed by atoms with van der Waals surface area (Å²) < 4.78 is 8.92. The van der Waals surface area contributed by atoms with Gasteiger partial charge in [0.1, 0.15) is 11.5 Å². The normalized spacial score (nSPS) is 25.6. The zero-order valence-electron chi connectivity index (χ0n) is 31.5. The van der Waals surface area contributed by atoms with Crippen LogP contribution >= 0.6 is 54.8 Å². The fourth-order valence-electron chi connectivity index (χ4n) is 9.78. The van der Waals surface area contributed by atoms with Crippen LogP contribution < -0.4 is 9.64 Å². The maximum absolute atomic E-state index is 15.3. The Morgan fingerprint density at radius 1 is 1.05 bits per heavy atom. The number of carbonyl (C=O) groups is 5. The van der Waals surface area contributed by atoms with Crippen LogP contribution in [0.4, 0.5) is 5.82 Å². The van der Waals surface area contributed by atoms with Crippen molar-refractivity contribution < 1.29 is 38.9 Å². The van der Waals surface area contributed by atoms with E-state index in [-0.39, 0.29) is 49.1 Å². The van der Waals surface area contributed by atoms with Gasteiger partial charge in [0, 0.05) is 46.2 Å². The van der Waals surface area contributed by atoms with Gasteiger partial charge >= 0.3 is 5.97 Å². The van der Waals surface area contributed by atoms with Gasteiger partial charge in [-0.05, 0) is 118 Å². The lowest BCUT2D eigenvalue weighted by Gasteiger charge is -2.49. The molecule has 1 saturated carbocycles. The number of aromatic hydroxyl groups is 1. The molecule has 4 aliphatic rings. The largest absolute Gasteiger partial charge is 0.503 e. The molecular formula is C41H39Br2ClN4O8S. The third-order valence-corrected chi connectivity index (χ3v) is 16.2. The van der Waals surface area contributed by atoms with Crippen molar-refractivity contribution in [2.75, 3.05) is 18.6 Å². The third kappa shape index (κ3) is 6.08. The quantitative estimate of drug-likeness (QED) is 0.0905. The monoisotopic (exact) mass is 940 g/mol. The first-order valence-corrected chi connectivity index (χ1v) is 21.5. The highest BCUT2D eigenvalue weighted by molar-refractivity contribution is 9.13. The average Bonchev–Trinajstić information content (AvgIpc) is 3.84. The number of rotatable bonds is 10. The number of anilines is 1. The summed E-state index contributed by atoms with van der Waals surface area (Å²) in [4.78, 5) is 72.8. The van der Waals surface area contributed by atoms with Crippen LogP contribution in [0.1, 0.15) is 62.5 Å². The van der Waals surface area contributed by atoms with E-state index in [1.165, 1.54) is 16.9 Å². The van der Waals surface area contributed by atoms with Crippen LogP contribution in [0.3, 0.4) is 0 Å². The summed E-state index contributed by atoms with van der Waals surface area (Å²) in [5.74, 6) is -5.56. The molecule has 0 bridgehead atoms. The minimum Gasteiger partial charge on any atom is -0.503 e. The number of likely N-dealkylation sites (tertiary alicyclic amines) is 1. The molecule has 298 valence electrons. The molecule has 6 unspecified atom stereocenters. The van der Waals surface area contributed by atoms with Crippen LogP contribution in [-0.4, -0.2) is 68.1 Å². The molecular weight excluding hydrogens is 904 g/mol. The van der Waals surface area contributed by atoms with Crippen LogP contribution in [0.15, 0.2) is 50.9 Å². The molecule has 12 nitrogen and oxygen atoms in total.